The van der Waals surface area contributed by atoms with Gasteiger partial charge in [-0.25, -0.2) is 0 Å². The molecule has 124 valence electrons. The predicted molar refractivity (Wildman–Crippen MR) is 87.4 cm³/mol. The van der Waals surface area contributed by atoms with Crippen molar-refractivity contribution in [2.24, 2.45) is 0 Å². The van der Waals surface area contributed by atoms with Crippen molar-refractivity contribution in [1.82, 2.24) is 10.2 Å². The van der Waals surface area contributed by atoms with Crippen LogP contribution in [0.1, 0.15) is 65.7 Å². The van der Waals surface area contributed by atoms with Gasteiger partial charge in [0.25, 0.3) is 6.47 Å². The molecule has 2 rings (SSSR count). The second kappa shape index (κ2) is 9.42. The van der Waals surface area contributed by atoms with Crippen LogP contribution in [0.4, 0.5) is 0 Å². The molecule has 21 heavy (non-hydrogen) atoms. The van der Waals surface area contributed by atoms with E-state index >= 15 is 0 Å². The standard InChI is InChI=1S/C12H24N2.C5H10O2/c1-14-9-7-12(8-10-14)13-11-5-3-2-4-6-11;1-5(2,3)7-4-6/h11-13H,2-10H2,1H3;4H,1-3H3. The zero-order valence-electron chi connectivity index (χ0n) is 14.4. The molecule has 1 heterocycles. The van der Waals surface area contributed by atoms with Crippen LogP contribution in [0.2, 0.25) is 0 Å². The lowest BCUT2D eigenvalue weighted by Gasteiger charge is -2.34. The highest BCUT2D eigenvalue weighted by atomic mass is 16.5. The van der Waals surface area contributed by atoms with Crippen LogP contribution in [-0.2, 0) is 9.53 Å². The van der Waals surface area contributed by atoms with Gasteiger partial charge in [0.2, 0.25) is 0 Å². The maximum atomic E-state index is 9.60. The highest BCUT2D eigenvalue weighted by Crippen LogP contribution is 2.19. The number of hydrogen-bond acceptors (Lipinski definition) is 4. The van der Waals surface area contributed by atoms with E-state index in [1.165, 1.54) is 58.0 Å². The van der Waals surface area contributed by atoms with Gasteiger partial charge in [-0.2, -0.15) is 0 Å². The Labute approximate surface area is 130 Å². The summed E-state index contributed by atoms with van der Waals surface area (Å²) in [4.78, 5) is 12.0. The molecule has 0 radical (unpaired) electrons. The summed E-state index contributed by atoms with van der Waals surface area (Å²) in [6.07, 6.45) is 9.92. The molecule has 0 aromatic carbocycles. The fourth-order valence-electron chi connectivity index (χ4n) is 2.92. The summed E-state index contributed by atoms with van der Waals surface area (Å²) in [6, 6.07) is 1.66. The molecule has 0 aromatic heterocycles. The molecule has 0 amide bonds. The van der Waals surface area contributed by atoms with E-state index in [-0.39, 0.29) is 5.60 Å². The quantitative estimate of drug-likeness (QED) is 0.813. The summed E-state index contributed by atoms with van der Waals surface area (Å²) in [7, 11) is 2.23. The van der Waals surface area contributed by atoms with Crippen molar-refractivity contribution in [2.75, 3.05) is 20.1 Å². The fourth-order valence-corrected chi connectivity index (χ4v) is 2.92. The van der Waals surface area contributed by atoms with Gasteiger partial charge in [0.1, 0.15) is 5.60 Å². The number of nitrogens with one attached hydrogen (secondary N) is 1. The molecule has 0 unspecified atom stereocenters. The van der Waals surface area contributed by atoms with Crippen molar-refractivity contribution in [3.8, 4) is 0 Å². The van der Waals surface area contributed by atoms with Crippen molar-refractivity contribution >= 4 is 6.47 Å². The van der Waals surface area contributed by atoms with Gasteiger partial charge in [-0.3, -0.25) is 4.79 Å². The summed E-state index contributed by atoms with van der Waals surface area (Å²) in [5.74, 6) is 0. The van der Waals surface area contributed by atoms with Crippen LogP contribution >= 0.6 is 0 Å². The van der Waals surface area contributed by atoms with Crippen LogP contribution in [0.15, 0.2) is 0 Å². The van der Waals surface area contributed by atoms with Gasteiger partial charge in [-0.05, 0) is 66.6 Å². The molecular weight excluding hydrogens is 264 g/mol. The van der Waals surface area contributed by atoms with Crippen LogP contribution in [0.25, 0.3) is 0 Å². The van der Waals surface area contributed by atoms with Crippen LogP contribution in [0.3, 0.4) is 0 Å². The Bertz CT molecular complexity index is 275. The minimum atomic E-state index is -0.318. The van der Waals surface area contributed by atoms with Gasteiger partial charge in [0, 0.05) is 12.1 Å². The number of rotatable bonds is 3. The van der Waals surface area contributed by atoms with Gasteiger partial charge >= 0.3 is 0 Å². The number of carbonyl (C=O) groups is 1. The monoisotopic (exact) mass is 298 g/mol. The number of nitrogens with zero attached hydrogens (tertiary/aromatic N) is 1. The molecule has 1 aliphatic heterocycles. The molecule has 1 saturated carbocycles. The summed E-state index contributed by atoms with van der Waals surface area (Å²) in [5.41, 5.74) is -0.318. The number of piperidine rings is 1. The van der Waals surface area contributed by atoms with E-state index in [0.717, 1.165) is 12.1 Å². The van der Waals surface area contributed by atoms with Crippen molar-refractivity contribution in [1.29, 1.82) is 0 Å². The summed E-state index contributed by atoms with van der Waals surface area (Å²) in [6.45, 7) is 8.49. The zero-order valence-corrected chi connectivity index (χ0v) is 14.4. The number of hydrogen-bond donors (Lipinski definition) is 1. The van der Waals surface area contributed by atoms with Crippen molar-refractivity contribution in [2.45, 2.75) is 83.4 Å². The molecule has 0 atom stereocenters. The van der Waals surface area contributed by atoms with Gasteiger partial charge in [-0.1, -0.05) is 19.3 Å². The fraction of sp³-hybridized carbons (Fsp3) is 0.941. The first-order chi connectivity index (χ1) is 9.90. The first kappa shape index (κ1) is 18.4. The third-order valence-corrected chi connectivity index (χ3v) is 4.20. The molecule has 2 aliphatic rings. The van der Waals surface area contributed by atoms with Crippen LogP contribution in [0.5, 0.6) is 0 Å². The molecule has 2 fully saturated rings. The number of carbonyl (C=O) groups excluding carboxylic acids is 1. The van der Waals surface area contributed by atoms with Crippen LogP contribution < -0.4 is 5.32 Å². The van der Waals surface area contributed by atoms with Gasteiger partial charge in [-0.15, -0.1) is 0 Å². The van der Waals surface area contributed by atoms with Crippen molar-refractivity contribution < 1.29 is 9.53 Å². The highest BCUT2D eigenvalue weighted by Gasteiger charge is 2.20. The first-order valence-corrected chi connectivity index (χ1v) is 8.47. The Kier molecular flexibility index (Phi) is 8.27. The lowest BCUT2D eigenvalue weighted by Crippen LogP contribution is -2.45. The molecule has 1 N–H and O–H groups in total. The lowest BCUT2D eigenvalue weighted by molar-refractivity contribution is -0.138. The van der Waals surface area contributed by atoms with E-state index in [9.17, 15) is 4.79 Å². The van der Waals surface area contributed by atoms with Gasteiger partial charge in [0.15, 0.2) is 0 Å². The molecule has 0 aromatic rings. The zero-order chi connectivity index (χ0) is 15.7. The SMILES string of the molecule is CC(C)(C)OC=O.CN1CCC(NC2CCCCC2)CC1. The largest absolute Gasteiger partial charge is 0.462 e. The summed E-state index contributed by atoms with van der Waals surface area (Å²) in [5, 5.41) is 3.85. The first-order valence-electron chi connectivity index (χ1n) is 8.47. The molecule has 4 nitrogen and oxygen atoms in total. The Hall–Kier alpha value is -0.610. The third kappa shape index (κ3) is 9.10. The molecule has 4 heteroatoms. The Morgan fingerprint density at radius 1 is 1.00 bits per heavy atom. The molecule has 0 spiro atoms. The average molecular weight is 298 g/mol. The second-order valence-corrected chi connectivity index (χ2v) is 7.41. The van der Waals surface area contributed by atoms with Crippen molar-refractivity contribution in [3.05, 3.63) is 0 Å². The number of ether oxygens (including phenoxy) is 1. The maximum Gasteiger partial charge on any atom is 0.293 e. The molecule has 1 saturated heterocycles. The number of likely N-dealkylation sites (tertiary alicyclic amines) is 1. The van der Waals surface area contributed by atoms with E-state index < -0.39 is 0 Å². The maximum absolute atomic E-state index is 9.60. The van der Waals surface area contributed by atoms with E-state index in [4.69, 9.17) is 0 Å². The minimum absolute atomic E-state index is 0.318. The minimum Gasteiger partial charge on any atom is -0.462 e. The lowest BCUT2D eigenvalue weighted by atomic mass is 9.93. The van der Waals surface area contributed by atoms with Crippen molar-refractivity contribution in [3.63, 3.8) is 0 Å². The van der Waals surface area contributed by atoms with Gasteiger partial charge < -0.3 is 15.0 Å². The summed E-state index contributed by atoms with van der Waals surface area (Å²) < 4.78 is 4.55. The average Bonchev–Trinajstić information content (AvgIpc) is 2.42. The van der Waals surface area contributed by atoms with Crippen LogP contribution in [-0.4, -0.2) is 49.2 Å². The Morgan fingerprint density at radius 2 is 1.52 bits per heavy atom. The molecule has 0 bridgehead atoms. The Morgan fingerprint density at radius 3 is 1.95 bits per heavy atom. The van der Waals surface area contributed by atoms with E-state index in [0.29, 0.717) is 6.47 Å². The van der Waals surface area contributed by atoms with Crippen LogP contribution in [0, 0.1) is 0 Å². The van der Waals surface area contributed by atoms with E-state index in [1.807, 2.05) is 20.8 Å². The highest BCUT2D eigenvalue weighted by molar-refractivity contribution is 5.37. The van der Waals surface area contributed by atoms with Gasteiger partial charge in [0.05, 0.1) is 0 Å². The smallest absolute Gasteiger partial charge is 0.293 e. The summed E-state index contributed by atoms with van der Waals surface area (Å²) >= 11 is 0. The topological polar surface area (TPSA) is 41.6 Å². The normalized spacial score (nSPS) is 22.3. The van der Waals surface area contributed by atoms with E-state index in [1.54, 1.807) is 0 Å². The molecular formula is C17H34N2O2. The Balaban J connectivity index is 0.000000270. The second-order valence-electron chi connectivity index (χ2n) is 7.41. The third-order valence-electron chi connectivity index (χ3n) is 4.20. The predicted octanol–water partition coefficient (Wildman–Crippen LogP) is 2.96. The van der Waals surface area contributed by atoms with E-state index in [2.05, 4.69) is 22.0 Å². The molecule has 1 aliphatic carbocycles.